The molecule has 5 aromatic rings. The molecular formula is C30H31N7. The third kappa shape index (κ3) is 4.70. The fourth-order valence-electron chi connectivity index (χ4n) is 5.14. The van der Waals surface area contributed by atoms with E-state index >= 15 is 0 Å². The number of nitrogens with zero attached hydrogens (tertiary/aromatic N) is 7. The summed E-state index contributed by atoms with van der Waals surface area (Å²) in [6.45, 7) is 4.71. The van der Waals surface area contributed by atoms with Crippen LogP contribution in [-0.4, -0.2) is 63.1 Å². The average Bonchev–Trinajstić information content (AvgIpc) is 3.57. The molecule has 0 spiro atoms. The molecule has 1 aliphatic heterocycles. The highest BCUT2D eigenvalue weighted by molar-refractivity contribution is 5.88. The van der Waals surface area contributed by atoms with Gasteiger partial charge in [0.1, 0.15) is 11.4 Å². The standard InChI is InChI=1S/C30H31N7/c1-21-8-7-11-28(32-21)30-29(33-34-37(30)19-22-9-5-4-6-10-22)23-12-13-27-24(16-23)17-26(18-31-27)36-15-14-25(20-36)35(2)3/h4-13,16-18,25H,14-15,19-20H2,1-3H3. The average molecular weight is 490 g/mol. The van der Waals surface area contributed by atoms with E-state index in [4.69, 9.17) is 9.97 Å². The van der Waals surface area contributed by atoms with Crippen LogP contribution in [0, 0.1) is 6.92 Å². The zero-order chi connectivity index (χ0) is 25.4. The maximum absolute atomic E-state index is 4.83. The Bertz CT molecular complexity index is 1540. The summed E-state index contributed by atoms with van der Waals surface area (Å²) in [5.41, 5.74) is 7.91. The first-order valence-corrected chi connectivity index (χ1v) is 12.8. The highest BCUT2D eigenvalue weighted by atomic mass is 15.4. The molecule has 1 aliphatic rings. The number of fused-ring (bicyclic) bond motifs is 1. The fourth-order valence-corrected chi connectivity index (χ4v) is 5.14. The largest absolute Gasteiger partial charge is 0.369 e. The van der Waals surface area contributed by atoms with Crippen LogP contribution >= 0.6 is 0 Å². The summed E-state index contributed by atoms with van der Waals surface area (Å²) in [4.78, 5) is 14.3. The molecule has 2 aromatic carbocycles. The Hall–Kier alpha value is -4.10. The van der Waals surface area contributed by atoms with Crippen molar-refractivity contribution in [2.45, 2.75) is 25.9 Å². The molecule has 0 radical (unpaired) electrons. The van der Waals surface area contributed by atoms with E-state index < -0.39 is 0 Å². The Morgan fingerprint density at radius 3 is 2.62 bits per heavy atom. The van der Waals surface area contributed by atoms with Crippen LogP contribution in [0.15, 0.2) is 79.0 Å². The molecule has 186 valence electrons. The van der Waals surface area contributed by atoms with Gasteiger partial charge in [-0.3, -0.25) is 9.97 Å². The molecule has 1 unspecified atom stereocenters. The maximum Gasteiger partial charge on any atom is 0.122 e. The topological polar surface area (TPSA) is 63.0 Å². The first kappa shape index (κ1) is 23.3. The van der Waals surface area contributed by atoms with Crippen LogP contribution in [0.2, 0.25) is 0 Å². The molecule has 1 fully saturated rings. The second-order valence-corrected chi connectivity index (χ2v) is 10.0. The van der Waals surface area contributed by atoms with Gasteiger partial charge in [0.25, 0.3) is 0 Å². The van der Waals surface area contributed by atoms with E-state index in [0.717, 1.165) is 52.3 Å². The molecule has 7 heteroatoms. The molecular weight excluding hydrogens is 458 g/mol. The summed E-state index contributed by atoms with van der Waals surface area (Å²) in [5.74, 6) is 0. The van der Waals surface area contributed by atoms with E-state index in [0.29, 0.717) is 12.6 Å². The lowest BCUT2D eigenvalue weighted by molar-refractivity contribution is 0.315. The number of benzene rings is 2. The van der Waals surface area contributed by atoms with Crippen molar-refractivity contribution in [3.63, 3.8) is 0 Å². The van der Waals surface area contributed by atoms with Gasteiger partial charge in [-0.05, 0) is 63.3 Å². The van der Waals surface area contributed by atoms with E-state index in [9.17, 15) is 0 Å². The molecule has 0 bridgehead atoms. The number of hydrogen-bond acceptors (Lipinski definition) is 6. The van der Waals surface area contributed by atoms with Gasteiger partial charge in [0.05, 0.1) is 29.6 Å². The molecule has 4 heterocycles. The zero-order valence-electron chi connectivity index (χ0n) is 21.5. The minimum Gasteiger partial charge on any atom is -0.369 e. The number of aryl methyl sites for hydroxylation is 1. The summed E-state index contributed by atoms with van der Waals surface area (Å²) in [6, 6.07) is 25.6. The molecule has 1 saturated heterocycles. The predicted molar refractivity (Wildman–Crippen MR) is 149 cm³/mol. The monoisotopic (exact) mass is 489 g/mol. The van der Waals surface area contributed by atoms with E-state index in [1.807, 2.05) is 54.2 Å². The van der Waals surface area contributed by atoms with Crippen molar-refractivity contribution in [1.82, 2.24) is 29.9 Å². The summed E-state index contributed by atoms with van der Waals surface area (Å²) in [5, 5.41) is 10.3. The first-order valence-electron chi connectivity index (χ1n) is 12.8. The van der Waals surface area contributed by atoms with E-state index in [1.165, 1.54) is 17.7 Å². The van der Waals surface area contributed by atoms with Gasteiger partial charge >= 0.3 is 0 Å². The minimum atomic E-state index is 0.575. The summed E-state index contributed by atoms with van der Waals surface area (Å²) in [6.07, 6.45) is 3.17. The lowest BCUT2D eigenvalue weighted by Gasteiger charge is -2.21. The normalized spacial score (nSPS) is 15.7. The molecule has 1 atom stereocenters. The van der Waals surface area contributed by atoms with Gasteiger partial charge in [0.15, 0.2) is 0 Å². The predicted octanol–water partition coefficient (Wildman–Crippen LogP) is 5.05. The number of pyridine rings is 2. The lowest BCUT2D eigenvalue weighted by atomic mass is 10.0. The Labute approximate surface area is 217 Å². The van der Waals surface area contributed by atoms with Crippen molar-refractivity contribution in [2.24, 2.45) is 0 Å². The van der Waals surface area contributed by atoms with Crippen LogP contribution in [0.25, 0.3) is 33.5 Å². The van der Waals surface area contributed by atoms with Gasteiger partial charge < -0.3 is 9.80 Å². The Morgan fingerprint density at radius 2 is 1.84 bits per heavy atom. The second-order valence-electron chi connectivity index (χ2n) is 10.0. The first-order chi connectivity index (χ1) is 18.0. The van der Waals surface area contributed by atoms with Gasteiger partial charge in [-0.25, -0.2) is 4.68 Å². The SMILES string of the molecule is Cc1cccc(-c2c(-c3ccc4ncc(N5CCC(N(C)C)C5)cc4c3)nnn2Cc2ccccc2)n1. The van der Waals surface area contributed by atoms with Gasteiger partial charge in [0, 0.05) is 35.8 Å². The maximum atomic E-state index is 4.83. The Kier molecular flexibility index (Phi) is 6.14. The minimum absolute atomic E-state index is 0.575. The van der Waals surface area contributed by atoms with Crippen molar-refractivity contribution in [1.29, 1.82) is 0 Å². The third-order valence-corrected chi connectivity index (χ3v) is 7.24. The van der Waals surface area contributed by atoms with Crippen molar-refractivity contribution in [3.8, 4) is 22.6 Å². The van der Waals surface area contributed by atoms with Gasteiger partial charge in [-0.1, -0.05) is 47.7 Å². The fraction of sp³-hybridized carbons (Fsp3) is 0.267. The number of anilines is 1. The van der Waals surface area contributed by atoms with Crippen LogP contribution < -0.4 is 4.90 Å². The Morgan fingerprint density at radius 1 is 0.973 bits per heavy atom. The lowest BCUT2D eigenvalue weighted by Crippen LogP contribution is -2.31. The molecule has 6 rings (SSSR count). The summed E-state index contributed by atoms with van der Waals surface area (Å²) < 4.78 is 1.96. The molecule has 0 amide bonds. The van der Waals surface area contributed by atoms with Crippen molar-refractivity contribution in [2.75, 3.05) is 32.1 Å². The molecule has 0 aliphatic carbocycles. The number of aromatic nitrogens is 5. The van der Waals surface area contributed by atoms with Gasteiger partial charge in [-0.2, -0.15) is 0 Å². The van der Waals surface area contributed by atoms with E-state index in [1.54, 1.807) is 0 Å². The third-order valence-electron chi connectivity index (χ3n) is 7.24. The van der Waals surface area contributed by atoms with Crippen molar-refractivity contribution >= 4 is 16.6 Å². The molecule has 0 saturated carbocycles. The van der Waals surface area contributed by atoms with Crippen molar-refractivity contribution < 1.29 is 0 Å². The number of hydrogen-bond donors (Lipinski definition) is 0. The van der Waals surface area contributed by atoms with E-state index in [-0.39, 0.29) is 0 Å². The number of likely N-dealkylation sites (N-methyl/N-ethyl adjacent to an activating group) is 1. The van der Waals surface area contributed by atoms with Crippen LogP contribution in [-0.2, 0) is 6.54 Å². The second kappa shape index (κ2) is 9.75. The van der Waals surface area contributed by atoms with Gasteiger partial charge in [0.2, 0.25) is 0 Å². The summed E-state index contributed by atoms with van der Waals surface area (Å²) in [7, 11) is 4.31. The molecule has 3 aromatic heterocycles. The Balaban J connectivity index is 1.41. The molecule has 37 heavy (non-hydrogen) atoms. The van der Waals surface area contributed by atoms with Crippen LogP contribution in [0.1, 0.15) is 17.7 Å². The van der Waals surface area contributed by atoms with Crippen molar-refractivity contribution in [3.05, 3.63) is 90.3 Å². The summed E-state index contributed by atoms with van der Waals surface area (Å²) >= 11 is 0. The molecule has 7 nitrogen and oxygen atoms in total. The molecule has 0 N–H and O–H groups in total. The number of rotatable bonds is 6. The van der Waals surface area contributed by atoms with Crippen LogP contribution in [0.5, 0.6) is 0 Å². The smallest absolute Gasteiger partial charge is 0.122 e. The quantitative estimate of drug-likeness (QED) is 0.333. The zero-order valence-corrected chi connectivity index (χ0v) is 21.5. The van der Waals surface area contributed by atoms with Gasteiger partial charge in [-0.15, -0.1) is 5.10 Å². The van der Waals surface area contributed by atoms with Crippen LogP contribution in [0.3, 0.4) is 0 Å². The van der Waals surface area contributed by atoms with Crippen LogP contribution in [0.4, 0.5) is 5.69 Å². The van der Waals surface area contributed by atoms with E-state index in [2.05, 4.69) is 70.6 Å². The highest BCUT2D eigenvalue weighted by Crippen LogP contribution is 2.33. The highest BCUT2D eigenvalue weighted by Gasteiger charge is 2.25.